The third-order valence-electron chi connectivity index (χ3n) is 2.29. The average Bonchev–Trinajstić information content (AvgIpc) is 2.08. The van der Waals surface area contributed by atoms with Crippen LogP contribution in [0.25, 0.3) is 0 Å². The summed E-state index contributed by atoms with van der Waals surface area (Å²) in [6, 6.07) is -0.539. The second kappa shape index (κ2) is 3.68. The molecule has 1 fully saturated rings. The van der Waals surface area contributed by atoms with Gasteiger partial charge in [0.05, 0.1) is 18.2 Å². The molecule has 0 saturated carbocycles. The molecular formula is C7H16N2O3. The lowest BCUT2D eigenvalue weighted by atomic mass is 9.94. The molecule has 5 heteroatoms. The summed E-state index contributed by atoms with van der Waals surface area (Å²) in [5, 5.41) is 18.8. The van der Waals surface area contributed by atoms with Gasteiger partial charge in [-0.25, -0.2) is 0 Å². The van der Waals surface area contributed by atoms with Gasteiger partial charge in [-0.05, 0) is 6.92 Å². The van der Waals surface area contributed by atoms with Crippen LogP contribution in [0.4, 0.5) is 0 Å². The van der Waals surface area contributed by atoms with Gasteiger partial charge in [0.2, 0.25) is 0 Å². The number of ether oxygens (including phenoxy) is 1. The van der Waals surface area contributed by atoms with E-state index in [1.54, 1.807) is 6.92 Å². The standard InChI is InChI=1S/C7H16N2O3/c1-3-5(9)7(11)6(10)4(2-8)12-3/h3-7,10-11H,2,8-9H2,1H3. The second-order valence-electron chi connectivity index (χ2n) is 3.17. The zero-order valence-corrected chi connectivity index (χ0v) is 7.05. The Morgan fingerprint density at radius 3 is 2.42 bits per heavy atom. The van der Waals surface area contributed by atoms with Gasteiger partial charge in [0.1, 0.15) is 12.2 Å². The minimum Gasteiger partial charge on any atom is -0.389 e. The fourth-order valence-electron chi connectivity index (χ4n) is 1.37. The van der Waals surface area contributed by atoms with Gasteiger partial charge in [-0.2, -0.15) is 0 Å². The van der Waals surface area contributed by atoms with Gasteiger partial charge < -0.3 is 26.4 Å². The summed E-state index contributed by atoms with van der Waals surface area (Å²) in [5.41, 5.74) is 10.9. The first-order chi connectivity index (χ1) is 5.57. The quantitative estimate of drug-likeness (QED) is 0.362. The van der Waals surface area contributed by atoms with Crippen LogP contribution in [-0.2, 0) is 4.74 Å². The van der Waals surface area contributed by atoms with Crippen LogP contribution in [0.5, 0.6) is 0 Å². The molecule has 0 radical (unpaired) electrons. The highest BCUT2D eigenvalue weighted by atomic mass is 16.5. The first kappa shape index (κ1) is 9.88. The van der Waals surface area contributed by atoms with Crippen molar-refractivity contribution < 1.29 is 14.9 Å². The van der Waals surface area contributed by atoms with Gasteiger partial charge in [0.15, 0.2) is 0 Å². The Bertz CT molecular complexity index is 151. The fraction of sp³-hybridized carbons (Fsp3) is 1.00. The molecule has 0 aromatic rings. The minimum absolute atomic E-state index is 0.190. The topological polar surface area (TPSA) is 102 Å². The van der Waals surface area contributed by atoms with Crippen LogP contribution in [0.1, 0.15) is 6.92 Å². The number of aliphatic hydroxyl groups is 2. The summed E-state index contributed by atoms with van der Waals surface area (Å²) in [5.74, 6) is 0. The Morgan fingerprint density at radius 2 is 1.92 bits per heavy atom. The van der Waals surface area contributed by atoms with Crippen LogP contribution in [0.15, 0.2) is 0 Å². The van der Waals surface area contributed by atoms with E-state index in [0.717, 1.165) is 0 Å². The van der Waals surface area contributed by atoms with E-state index in [2.05, 4.69) is 0 Å². The number of hydrogen-bond acceptors (Lipinski definition) is 5. The lowest BCUT2D eigenvalue weighted by Gasteiger charge is -2.39. The molecule has 12 heavy (non-hydrogen) atoms. The SMILES string of the molecule is CC1OC(CN)C(O)C(O)C1N. The molecule has 1 rings (SSSR count). The molecule has 1 aliphatic heterocycles. The lowest BCUT2D eigenvalue weighted by Crippen LogP contribution is -2.61. The lowest BCUT2D eigenvalue weighted by molar-refractivity contribution is -0.169. The van der Waals surface area contributed by atoms with E-state index in [1.807, 2.05) is 0 Å². The fourth-order valence-corrected chi connectivity index (χ4v) is 1.37. The van der Waals surface area contributed by atoms with E-state index in [0.29, 0.717) is 0 Å². The van der Waals surface area contributed by atoms with Gasteiger partial charge in [0, 0.05) is 6.54 Å². The zero-order chi connectivity index (χ0) is 9.30. The normalized spacial score (nSPS) is 49.2. The van der Waals surface area contributed by atoms with Crippen molar-refractivity contribution in [2.75, 3.05) is 6.54 Å². The Labute approximate surface area is 71.3 Å². The highest BCUT2D eigenvalue weighted by Crippen LogP contribution is 2.18. The number of rotatable bonds is 1. The Kier molecular flexibility index (Phi) is 3.03. The Balaban J connectivity index is 2.63. The van der Waals surface area contributed by atoms with E-state index >= 15 is 0 Å². The molecule has 1 saturated heterocycles. The van der Waals surface area contributed by atoms with Crippen molar-refractivity contribution >= 4 is 0 Å². The molecular weight excluding hydrogens is 160 g/mol. The van der Waals surface area contributed by atoms with Crippen molar-refractivity contribution in [1.29, 1.82) is 0 Å². The summed E-state index contributed by atoms with van der Waals surface area (Å²) in [6.07, 6.45) is -2.68. The summed E-state index contributed by atoms with van der Waals surface area (Å²) >= 11 is 0. The predicted octanol–water partition coefficient (Wildman–Crippen LogP) is -2.22. The first-order valence-electron chi connectivity index (χ1n) is 4.05. The third-order valence-corrected chi connectivity index (χ3v) is 2.29. The molecule has 0 spiro atoms. The van der Waals surface area contributed by atoms with Crippen LogP contribution in [0, 0.1) is 0 Å². The molecule has 72 valence electrons. The summed E-state index contributed by atoms with van der Waals surface area (Å²) in [6.45, 7) is 1.94. The zero-order valence-electron chi connectivity index (χ0n) is 7.05. The van der Waals surface area contributed by atoms with Crippen LogP contribution in [-0.4, -0.2) is 47.2 Å². The number of hydrogen-bond donors (Lipinski definition) is 4. The maximum absolute atomic E-state index is 9.41. The Hall–Kier alpha value is -0.200. The number of aliphatic hydroxyl groups excluding tert-OH is 2. The Morgan fingerprint density at radius 1 is 1.33 bits per heavy atom. The van der Waals surface area contributed by atoms with Crippen molar-refractivity contribution in [2.24, 2.45) is 11.5 Å². The summed E-state index contributed by atoms with van der Waals surface area (Å²) < 4.78 is 5.27. The summed E-state index contributed by atoms with van der Waals surface area (Å²) in [7, 11) is 0. The highest BCUT2D eigenvalue weighted by Gasteiger charge is 2.39. The molecule has 1 heterocycles. The van der Waals surface area contributed by atoms with Gasteiger partial charge in [0.25, 0.3) is 0 Å². The molecule has 0 aromatic carbocycles. The predicted molar refractivity (Wildman–Crippen MR) is 43.4 cm³/mol. The van der Waals surface area contributed by atoms with E-state index in [1.165, 1.54) is 0 Å². The maximum atomic E-state index is 9.41. The van der Waals surface area contributed by atoms with Gasteiger partial charge in [-0.3, -0.25) is 0 Å². The van der Waals surface area contributed by atoms with Crippen LogP contribution >= 0.6 is 0 Å². The van der Waals surface area contributed by atoms with Gasteiger partial charge in [-0.1, -0.05) is 0 Å². The van der Waals surface area contributed by atoms with E-state index in [9.17, 15) is 10.2 Å². The van der Waals surface area contributed by atoms with Crippen LogP contribution < -0.4 is 11.5 Å². The van der Waals surface area contributed by atoms with Crippen molar-refractivity contribution in [3.8, 4) is 0 Å². The third kappa shape index (κ3) is 1.60. The molecule has 5 nitrogen and oxygen atoms in total. The minimum atomic E-state index is -0.971. The largest absolute Gasteiger partial charge is 0.389 e. The molecule has 0 aliphatic carbocycles. The highest BCUT2D eigenvalue weighted by molar-refractivity contribution is 4.93. The molecule has 0 amide bonds. The van der Waals surface area contributed by atoms with E-state index < -0.39 is 24.4 Å². The molecule has 6 N–H and O–H groups in total. The van der Waals surface area contributed by atoms with Crippen LogP contribution in [0.3, 0.4) is 0 Å². The van der Waals surface area contributed by atoms with Crippen molar-refractivity contribution in [1.82, 2.24) is 0 Å². The average molecular weight is 176 g/mol. The number of nitrogens with two attached hydrogens (primary N) is 2. The van der Waals surface area contributed by atoms with Crippen molar-refractivity contribution in [3.05, 3.63) is 0 Å². The van der Waals surface area contributed by atoms with Crippen molar-refractivity contribution in [3.63, 3.8) is 0 Å². The first-order valence-corrected chi connectivity index (χ1v) is 4.05. The van der Waals surface area contributed by atoms with Gasteiger partial charge in [-0.15, -0.1) is 0 Å². The van der Waals surface area contributed by atoms with Gasteiger partial charge >= 0.3 is 0 Å². The molecule has 1 aliphatic rings. The molecule has 5 unspecified atom stereocenters. The smallest absolute Gasteiger partial charge is 0.109 e. The van der Waals surface area contributed by atoms with Crippen molar-refractivity contribution in [2.45, 2.75) is 37.4 Å². The molecule has 0 aromatic heterocycles. The van der Waals surface area contributed by atoms with E-state index in [-0.39, 0.29) is 12.6 Å². The second-order valence-corrected chi connectivity index (χ2v) is 3.17. The monoisotopic (exact) mass is 176 g/mol. The van der Waals surface area contributed by atoms with Crippen LogP contribution in [0.2, 0.25) is 0 Å². The molecule has 0 bridgehead atoms. The maximum Gasteiger partial charge on any atom is 0.109 e. The van der Waals surface area contributed by atoms with E-state index in [4.69, 9.17) is 16.2 Å². The summed E-state index contributed by atoms with van der Waals surface area (Å²) in [4.78, 5) is 0. The molecule has 5 atom stereocenters.